The van der Waals surface area contributed by atoms with Crippen molar-refractivity contribution in [2.24, 2.45) is 0 Å². The van der Waals surface area contributed by atoms with Crippen molar-refractivity contribution in [3.8, 4) is 22.8 Å². The van der Waals surface area contributed by atoms with E-state index in [0.717, 1.165) is 12.1 Å². The smallest absolute Gasteiger partial charge is 0.258 e. The highest BCUT2D eigenvalue weighted by Gasteiger charge is 2.13. The molecule has 0 amide bonds. The van der Waals surface area contributed by atoms with Gasteiger partial charge in [-0.3, -0.25) is 0 Å². The lowest BCUT2D eigenvalue weighted by Crippen LogP contribution is -1.91. The fraction of sp³-hybridized carbons (Fsp3) is 0. The molecule has 7 heteroatoms. The first-order chi connectivity index (χ1) is 10.0. The second-order valence-electron chi connectivity index (χ2n) is 4.29. The van der Waals surface area contributed by atoms with Crippen LogP contribution in [0.4, 0.5) is 18.9 Å². The van der Waals surface area contributed by atoms with Crippen LogP contribution in [0.15, 0.2) is 40.9 Å². The molecule has 1 aromatic heterocycles. The largest absolute Gasteiger partial charge is 0.396 e. The number of halogens is 3. The van der Waals surface area contributed by atoms with Crippen molar-refractivity contribution in [1.82, 2.24) is 10.1 Å². The third kappa shape index (κ3) is 2.45. The summed E-state index contributed by atoms with van der Waals surface area (Å²) in [7, 11) is 0. The standard InChI is InChI=1S/C14H8F3N3O/c15-9-3-1-7(5-11(9)17)13-19-14(21-20-13)8-2-4-10(16)12(18)6-8/h1-6H,18H2. The number of hydrogen-bond donors (Lipinski definition) is 1. The van der Waals surface area contributed by atoms with Gasteiger partial charge in [-0.25, -0.2) is 13.2 Å². The molecular formula is C14H8F3N3O. The summed E-state index contributed by atoms with van der Waals surface area (Å²) in [6, 6.07) is 7.20. The SMILES string of the molecule is Nc1cc(-c2nc(-c3ccc(F)c(F)c3)no2)ccc1F. The zero-order valence-corrected chi connectivity index (χ0v) is 10.5. The third-order valence-corrected chi connectivity index (χ3v) is 2.85. The van der Waals surface area contributed by atoms with Crippen LogP contribution in [0.2, 0.25) is 0 Å². The summed E-state index contributed by atoms with van der Waals surface area (Å²) >= 11 is 0. The van der Waals surface area contributed by atoms with Crippen molar-refractivity contribution in [3.63, 3.8) is 0 Å². The van der Waals surface area contributed by atoms with Crippen LogP contribution in [0.5, 0.6) is 0 Å². The number of anilines is 1. The summed E-state index contributed by atoms with van der Waals surface area (Å²) in [6.45, 7) is 0. The molecule has 21 heavy (non-hydrogen) atoms. The Morgan fingerprint density at radius 1 is 0.857 bits per heavy atom. The Labute approximate surface area is 117 Å². The minimum Gasteiger partial charge on any atom is -0.396 e. The molecule has 106 valence electrons. The molecule has 0 unspecified atom stereocenters. The van der Waals surface area contributed by atoms with E-state index in [-0.39, 0.29) is 23.0 Å². The summed E-state index contributed by atoms with van der Waals surface area (Å²) in [6.07, 6.45) is 0. The third-order valence-electron chi connectivity index (χ3n) is 2.85. The van der Waals surface area contributed by atoms with E-state index in [0.29, 0.717) is 5.56 Å². The van der Waals surface area contributed by atoms with Gasteiger partial charge in [0.1, 0.15) is 5.82 Å². The number of nitrogens with two attached hydrogens (primary N) is 1. The van der Waals surface area contributed by atoms with Crippen molar-refractivity contribution in [2.75, 3.05) is 5.73 Å². The first-order valence-corrected chi connectivity index (χ1v) is 5.89. The van der Waals surface area contributed by atoms with E-state index < -0.39 is 17.5 Å². The van der Waals surface area contributed by atoms with Crippen molar-refractivity contribution < 1.29 is 17.7 Å². The number of benzene rings is 2. The summed E-state index contributed by atoms with van der Waals surface area (Å²) in [5, 5.41) is 3.68. The molecule has 0 fully saturated rings. The molecule has 0 aliphatic rings. The molecular weight excluding hydrogens is 283 g/mol. The molecule has 0 saturated heterocycles. The van der Waals surface area contributed by atoms with Crippen LogP contribution in [-0.2, 0) is 0 Å². The predicted molar refractivity (Wildman–Crippen MR) is 69.5 cm³/mol. The Morgan fingerprint density at radius 3 is 2.29 bits per heavy atom. The van der Waals surface area contributed by atoms with Gasteiger partial charge in [-0.15, -0.1) is 0 Å². The zero-order valence-electron chi connectivity index (χ0n) is 10.5. The van der Waals surface area contributed by atoms with Gasteiger partial charge in [-0.2, -0.15) is 4.98 Å². The fourth-order valence-electron chi connectivity index (χ4n) is 1.77. The van der Waals surface area contributed by atoms with Crippen LogP contribution >= 0.6 is 0 Å². The Balaban J connectivity index is 1.99. The maximum absolute atomic E-state index is 13.2. The lowest BCUT2D eigenvalue weighted by atomic mass is 10.2. The summed E-state index contributed by atoms with van der Waals surface area (Å²) in [4.78, 5) is 4.05. The molecule has 4 nitrogen and oxygen atoms in total. The second kappa shape index (κ2) is 4.93. The van der Waals surface area contributed by atoms with Crippen LogP contribution in [0.3, 0.4) is 0 Å². The van der Waals surface area contributed by atoms with Gasteiger partial charge in [-0.05, 0) is 36.4 Å². The molecule has 3 rings (SSSR count). The molecule has 1 heterocycles. The van der Waals surface area contributed by atoms with Gasteiger partial charge in [0.15, 0.2) is 11.6 Å². The molecule has 3 aromatic rings. The lowest BCUT2D eigenvalue weighted by molar-refractivity contribution is 0.432. The minimum atomic E-state index is -1.01. The van der Waals surface area contributed by atoms with Crippen molar-refractivity contribution in [1.29, 1.82) is 0 Å². The number of nitrogen functional groups attached to an aromatic ring is 1. The maximum Gasteiger partial charge on any atom is 0.258 e. The van der Waals surface area contributed by atoms with Gasteiger partial charge >= 0.3 is 0 Å². The van der Waals surface area contributed by atoms with Gasteiger partial charge < -0.3 is 10.3 Å². The van der Waals surface area contributed by atoms with Crippen LogP contribution in [0, 0.1) is 17.5 Å². The molecule has 0 aliphatic heterocycles. The average molecular weight is 291 g/mol. The van der Waals surface area contributed by atoms with E-state index in [2.05, 4.69) is 10.1 Å². The molecule has 0 atom stereocenters. The van der Waals surface area contributed by atoms with E-state index in [9.17, 15) is 13.2 Å². The number of hydrogen-bond acceptors (Lipinski definition) is 4. The molecule has 0 spiro atoms. The van der Waals surface area contributed by atoms with Crippen LogP contribution in [0.25, 0.3) is 22.8 Å². The first kappa shape index (κ1) is 13.2. The monoisotopic (exact) mass is 291 g/mol. The topological polar surface area (TPSA) is 64.9 Å². The Morgan fingerprint density at radius 2 is 1.57 bits per heavy atom. The average Bonchev–Trinajstić information content (AvgIpc) is 2.94. The molecule has 2 N–H and O–H groups in total. The van der Waals surface area contributed by atoms with Gasteiger partial charge in [0, 0.05) is 11.1 Å². The molecule has 0 aliphatic carbocycles. The summed E-state index contributed by atoms with van der Waals surface area (Å²) < 4.78 is 44.2. The molecule has 0 radical (unpaired) electrons. The van der Waals surface area contributed by atoms with Crippen molar-refractivity contribution in [2.45, 2.75) is 0 Å². The Kier molecular flexibility index (Phi) is 3.09. The quantitative estimate of drug-likeness (QED) is 0.735. The highest BCUT2D eigenvalue weighted by Crippen LogP contribution is 2.25. The number of nitrogens with zero attached hydrogens (tertiary/aromatic N) is 2. The van der Waals surface area contributed by atoms with Crippen molar-refractivity contribution in [3.05, 3.63) is 53.8 Å². The minimum absolute atomic E-state index is 0.0555. The number of rotatable bonds is 2. The van der Waals surface area contributed by atoms with Gasteiger partial charge in [0.05, 0.1) is 5.69 Å². The van der Waals surface area contributed by atoms with E-state index in [1.165, 1.54) is 24.3 Å². The second-order valence-corrected chi connectivity index (χ2v) is 4.29. The molecule has 0 bridgehead atoms. The Hall–Kier alpha value is -2.83. The summed E-state index contributed by atoms with van der Waals surface area (Å²) in [5.41, 5.74) is 6.09. The van der Waals surface area contributed by atoms with E-state index >= 15 is 0 Å². The molecule has 0 saturated carbocycles. The lowest BCUT2D eigenvalue weighted by Gasteiger charge is -1.98. The normalized spacial score (nSPS) is 10.8. The fourth-order valence-corrected chi connectivity index (χ4v) is 1.77. The van der Waals surface area contributed by atoms with Crippen molar-refractivity contribution >= 4 is 5.69 Å². The zero-order chi connectivity index (χ0) is 15.0. The number of aromatic nitrogens is 2. The van der Waals surface area contributed by atoms with E-state index in [1.807, 2.05) is 0 Å². The highest BCUT2D eigenvalue weighted by atomic mass is 19.2. The van der Waals surface area contributed by atoms with Crippen LogP contribution < -0.4 is 5.73 Å². The first-order valence-electron chi connectivity index (χ1n) is 5.89. The van der Waals surface area contributed by atoms with E-state index in [1.54, 1.807) is 0 Å². The Bertz CT molecular complexity index is 751. The van der Waals surface area contributed by atoms with Gasteiger partial charge in [-0.1, -0.05) is 5.16 Å². The summed E-state index contributed by atoms with van der Waals surface area (Å²) in [5.74, 6) is -2.34. The predicted octanol–water partition coefficient (Wildman–Crippen LogP) is 3.40. The van der Waals surface area contributed by atoms with Crippen LogP contribution in [-0.4, -0.2) is 10.1 Å². The molecule has 2 aromatic carbocycles. The maximum atomic E-state index is 13.2. The highest BCUT2D eigenvalue weighted by molar-refractivity contribution is 5.63. The van der Waals surface area contributed by atoms with E-state index in [4.69, 9.17) is 10.3 Å². The van der Waals surface area contributed by atoms with Gasteiger partial charge in [0.25, 0.3) is 5.89 Å². The van der Waals surface area contributed by atoms with Crippen LogP contribution in [0.1, 0.15) is 0 Å². The van der Waals surface area contributed by atoms with Gasteiger partial charge in [0.2, 0.25) is 5.82 Å².